The summed E-state index contributed by atoms with van der Waals surface area (Å²) in [6, 6.07) is 8.90. The molecule has 0 aromatic heterocycles. The van der Waals surface area contributed by atoms with E-state index in [1.54, 1.807) is 12.1 Å². The Bertz CT molecular complexity index is 585. The van der Waals surface area contributed by atoms with Crippen LogP contribution >= 0.6 is 0 Å². The van der Waals surface area contributed by atoms with Crippen molar-refractivity contribution in [3.05, 3.63) is 39.9 Å². The maximum Gasteiger partial charge on any atom is 0.324 e. The van der Waals surface area contributed by atoms with E-state index in [9.17, 15) is 14.9 Å². The summed E-state index contributed by atoms with van der Waals surface area (Å²) in [4.78, 5) is 21.7. The maximum atomic E-state index is 11.4. The van der Waals surface area contributed by atoms with Crippen LogP contribution in [0.3, 0.4) is 0 Å². The highest BCUT2D eigenvalue weighted by Gasteiger charge is 2.34. The lowest BCUT2D eigenvalue weighted by molar-refractivity contribution is -0.385. The highest BCUT2D eigenvalue weighted by molar-refractivity contribution is 5.77. The molecule has 1 rings (SSSR count). The van der Waals surface area contributed by atoms with Gasteiger partial charge in [0.15, 0.2) is 5.92 Å². The van der Waals surface area contributed by atoms with Crippen LogP contribution in [-0.4, -0.2) is 18.0 Å². The number of hydrogen-bond acceptors (Lipinski definition) is 6. The second kappa shape index (κ2) is 6.12. The fraction of sp³-hybridized carbons (Fsp3) is 0.250. The van der Waals surface area contributed by atoms with Crippen LogP contribution in [0.2, 0.25) is 0 Å². The predicted octanol–water partition coefficient (Wildman–Crippen LogP) is 1.51. The van der Waals surface area contributed by atoms with Gasteiger partial charge in [0.05, 0.1) is 24.2 Å². The van der Waals surface area contributed by atoms with Crippen LogP contribution in [-0.2, 0) is 9.53 Å². The van der Waals surface area contributed by atoms with Crippen LogP contribution in [0.1, 0.15) is 11.5 Å². The van der Waals surface area contributed by atoms with E-state index in [1.165, 1.54) is 24.3 Å². The molecule has 0 saturated heterocycles. The summed E-state index contributed by atoms with van der Waals surface area (Å²) in [5, 5.41) is 28.9. The third kappa shape index (κ3) is 2.85. The highest BCUT2D eigenvalue weighted by Crippen LogP contribution is 2.31. The van der Waals surface area contributed by atoms with Crippen molar-refractivity contribution in [1.82, 2.24) is 0 Å². The standard InChI is InChI=1S/C12H9N3O4/c1-19-12(16)10(7-14)9(6-13)8-4-2-3-5-11(8)15(17)18/h2-5,9-10H,1H3. The van der Waals surface area contributed by atoms with Gasteiger partial charge in [-0.15, -0.1) is 0 Å². The molecule has 1 aromatic rings. The summed E-state index contributed by atoms with van der Waals surface area (Å²) in [6.07, 6.45) is 0. The zero-order valence-corrected chi connectivity index (χ0v) is 9.94. The number of rotatable bonds is 4. The Balaban J connectivity index is 3.33. The minimum atomic E-state index is -1.41. The van der Waals surface area contributed by atoms with Crippen molar-refractivity contribution in [3.63, 3.8) is 0 Å². The first-order valence-electron chi connectivity index (χ1n) is 5.17. The average Bonchev–Trinajstić information content (AvgIpc) is 2.43. The largest absolute Gasteiger partial charge is 0.468 e. The van der Waals surface area contributed by atoms with E-state index in [4.69, 9.17) is 10.5 Å². The molecule has 0 spiro atoms. The Kier molecular flexibility index (Phi) is 4.56. The number of esters is 1. The molecule has 2 unspecified atom stereocenters. The molecule has 0 fully saturated rings. The minimum absolute atomic E-state index is 0.0203. The van der Waals surface area contributed by atoms with Crippen molar-refractivity contribution in [2.75, 3.05) is 7.11 Å². The average molecular weight is 259 g/mol. The SMILES string of the molecule is COC(=O)C(C#N)C(C#N)c1ccccc1[N+](=O)[O-]. The van der Waals surface area contributed by atoms with Crippen LogP contribution in [0, 0.1) is 38.7 Å². The molecule has 0 saturated carbocycles. The summed E-state index contributed by atoms with van der Waals surface area (Å²) in [7, 11) is 1.08. The Labute approximate surface area is 108 Å². The molecule has 7 nitrogen and oxygen atoms in total. The second-order valence-electron chi connectivity index (χ2n) is 3.55. The summed E-state index contributed by atoms with van der Waals surface area (Å²) < 4.78 is 4.43. The topological polar surface area (TPSA) is 117 Å². The number of ether oxygens (including phenoxy) is 1. The molecule has 2 atom stereocenters. The van der Waals surface area contributed by atoms with Crippen molar-refractivity contribution in [2.24, 2.45) is 5.92 Å². The first kappa shape index (κ1) is 14.1. The lowest BCUT2D eigenvalue weighted by Gasteiger charge is -2.13. The lowest BCUT2D eigenvalue weighted by atomic mass is 9.87. The summed E-state index contributed by atoms with van der Waals surface area (Å²) >= 11 is 0. The number of nitriles is 2. The first-order chi connectivity index (χ1) is 9.06. The maximum absolute atomic E-state index is 11.4. The number of nitro benzene ring substituents is 1. The zero-order valence-electron chi connectivity index (χ0n) is 9.94. The molecule has 0 bridgehead atoms. The van der Waals surface area contributed by atoms with Crippen molar-refractivity contribution in [3.8, 4) is 12.1 Å². The molecule has 7 heteroatoms. The third-order valence-corrected chi connectivity index (χ3v) is 2.54. The molecule has 0 radical (unpaired) electrons. The Morgan fingerprint density at radius 3 is 2.47 bits per heavy atom. The normalized spacial score (nSPS) is 12.6. The smallest absolute Gasteiger partial charge is 0.324 e. The first-order valence-corrected chi connectivity index (χ1v) is 5.17. The van der Waals surface area contributed by atoms with E-state index in [0.29, 0.717) is 0 Å². The number of benzene rings is 1. The number of methoxy groups -OCH3 is 1. The molecule has 0 heterocycles. The Morgan fingerprint density at radius 1 is 1.37 bits per heavy atom. The molecule has 96 valence electrons. The molecule has 0 amide bonds. The Hall–Kier alpha value is -2.93. The van der Waals surface area contributed by atoms with Crippen molar-refractivity contribution < 1.29 is 14.5 Å². The van der Waals surface area contributed by atoms with E-state index in [1.807, 2.05) is 0 Å². The van der Waals surface area contributed by atoms with Crippen LogP contribution in [0.15, 0.2) is 24.3 Å². The summed E-state index contributed by atoms with van der Waals surface area (Å²) in [5.74, 6) is -3.55. The van der Waals surface area contributed by atoms with Crippen molar-refractivity contribution >= 4 is 11.7 Å². The van der Waals surface area contributed by atoms with Gasteiger partial charge in [0.25, 0.3) is 5.69 Å². The second-order valence-corrected chi connectivity index (χ2v) is 3.55. The van der Waals surface area contributed by atoms with Gasteiger partial charge in [-0.2, -0.15) is 10.5 Å². The van der Waals surface area contributed by atoms with Gasteiger partial charge in [-0.3, -0.25) is 14.9 Å². The van der Waals surface area contributed by atoms with E-state index in [-0.39, 0.29) is 11.3 Å². The van der Waals surface area contributed by atoms with Gasteiger partial charge in [0, 0.05) is 11.6 Å². The van der Waals surface area contributed by atoms with Gasteiger partial charge < -0.3 is 4.74 Å². The van der Waals surface area contributed by atoms with E-state index >= 15 is 0 Å². The predicted molar refractivity (Wildman–Crippen MR) is 62.6 cm³/mol. The third-order valence-electron chi connectivity index (χ3n) is 2.54. The number of carbonyl (C=O) groups is 1. The van der Waals surface area contributed by atoms with Gasteiger partial charge in [-0.1, -0.05) is 18.2 Å². The fourth-order valence-corrected chi connectivity index (χ4v) is 1.63. The number of nitrogens with zero attached hydrogens (tertiary/aromatic N) is 3. The number of carbonyl (C=O) groups excluding carboxylic acids is 1. The van der Waals surface area contributed by atoms with Gasteiger partial charge in [-0.05, 0) is 0 Å². The fourth-order valence-electron chi connectivity index (χ4n) is 1.63. The van der Waals surface area contributed by atoms with E-state index < -0.39 is 22.7 Å². The number of nitro groups is 1. The highest BCUT2D eigenvalue weighted by atomic mass is 16.6. The molecule has 0 aliphatic rings. The van der Waals surface area contributed by atoms with Crippen LogP contribution in [0.5, 0.6) is 0 Å². The number of para-hydroxylation sites is 1. The molecule has 19 heavy (non-hydrogen) atoms. The molecular formula is C12H9N3O4. The van der Waals surface area contributed by atoms with Crippen molar-refractivity contribution in [1.29, 1.82) is 10.5 Å². The van der Waals surface area contributed by atoms with Crippen LogP contribution in [0.4, 0.5) is 5.69 Å². The summed E-state index contributed by atoms with van der Waals surface area (Å²) in [5.41, 5.74) is -0.287. The molecule has 0 aliphatic carbocycles. The molecule has 1 aromatic carbocycles. The quantitative estimate of drug-likeness (QED) is 0.459. The van der Waals surface area contributed by atoms with E-state index in [2.05, 4.69) is 4.74 Å². The van der Waals surface area contributed by atoms with Crippen molar-refractivity contribution in [2.45, 2.75) is 5.92 Å². The summed E-state index contributed by atoms with van der Waals surface area (Å²) in [6.45, 7) is 0. The van der Waals surface area contributed by atoms with Gasteiger partial charge in [0.1, 0.15) is 5.92 Å². The molecule has 0 aliphatic heterocycles. The van der Waals surface area contributed by atoms with Crippen LogP contribution < -0.4 is 0 Å². The van der Waals surface area contributed by atoms with Gasteiger partial charge >= 0.3 is 5.97 Å². The van der Waals surface area contributed by atoms with Gasteiger partial charge in [-0.25, -0.2) is 0 Å². The van der Waals surface area contributed by atoms with E-state index in [0.717, 1.165) is 7.11 Å². The molecule has 0 N–H and O–H groups in total. The monoisotopic (exact) mass is 259 g/mol. The Morgan fingerprint density at radius 2 is 2.00 bits per heavy atom. The minimum Gasteiger partial charge on any atom is -0.468 e. The van der Waals surface area contributed by atoms with Gasteiger partial charge in [0.2, 0.25) is 0 Å². The zero-order chi connectivity index (χ0) is 14.4. The molecular weight excluding hydrogens is 250 g/mol. The van der Waals surface area contributed by atoms with Crippen LogP contribution in [0.25, 0.3) is 0 Å². The lowest BCUT2D eigenvalue weighted by Crippen LogP contribution is -2.22. The number of hydrogen-bond donors (Lipinski definition) is 0.